The Morgan fingerprint density at radius 2 is 1.75 bits per heavy atom. The minimum atomic E-state index is 0.283. The second kappa shape index (κ2) is 7.94. The average Bonchev–Trinajstić information content (AvgIpc) is 2.99. The molecule has 0 aliphatic heterocycles. The van der Waals surface area contributed by atoms with Crippen molar-refractivity contribution < 1.29 is 0 Å². The van der Waals surface area contributed by atoms with E-state index in [0.717, 1.165) is 41.4 Å². The lowest BCUT2D eigenvalue weighted by molar-refractivity contribution is -0.0843. The van der Waals surface area contributed by atoms with E-state index in [4.69, 9.17) is 11.6 Å². The van der Waals surface area contributed by atoms with Crippen molar-refractivity contribution in [3.8, 4) is 0 Å². The molecule has 3 fully saturated rings. The van der Waals surface area contributed by atoms with Gasteiger partial charge in [-0.1, -0.05) is 66.0 Å². The van der Waals surface area contributed by atoms with E-state index in [2.05, 4.69) is 46.8 Å². The van der Waals surface area contributed by atoms with Crippen LogP contribution < -0.4 is 0 Å². The third kappa shape index (κ3) is 3.52. The number of hydrogen-bond donors (Lipinski definition) is 0. The van der Waals surface area contributed by atoms with Crippen molar-refractivity contribution >= 4 is 11.6 Å². The highest BCUT2D eigenvalue weighted by atomic mass is 35.5. The van der Waals surface area contributed by atoms with Crippen molar-refractivity contribution in [2.24, 2.45) is 52.3 Å². The lowest BCUT2D eigenvalue weighted by Crippen LogP contribution is -2.52. The summed E-state index contributed by atoms with van der Waals surface area (Å²) in [5, 5.41) is 0.283. The molecule has 3 saturated carbocycles. The third-order valence-electron chi connectivity index (χ3n) is 10.3. The van der Waals surface area contributed by atoms with Gasteiger partial charge in [0, 0.05) is 0 Å². The fraction of sp³-hybridized carbons (Fsp3) is 0.926. The van der Waals surface area contributed by atoms with Gasteiger partial charge >= 0.3 is 0 Å². The second-order valence-electron chi connectivity index (χ2n) is 12.2. The summed E-state index contributed by atoms with van der Waals surface area (Å²) in [5.74, 6) is 6.47. The number of fused-ring (bicyclic) bond motifs is 5. The molecule has 1 heteroatoms. The Morgan fingerprint density at radius 1 is 0.964 bits per heavy atom. The first-order valence-electron chi connectivity index (χ1n) is 12.6. The van der Waals surface area contributed by atoms with E-state index in [1.165, 1.54) is 64.2 Å². The van der Waals surface area contributed by atoms with E-state index in [1.54, 1.807) is 0 Å². The maximum absolute atomic E-state index is 6.51. The molecule has 0 unspecified atom stereocenters. The molecule has 4 rings (SSSR count). The highest BCUT2D eigenvalue weighted by Gasteiger charge is 2.59. The molecule has 4 aliphatic rings. The number of alkyl halides is 1. The molecule has 0 spiro atoms. The Hall–Kier alpha value is 0.0300. The van der Waals surface area contributed by atoms with Gasteiger partial charge in [0.2, 0.25) is 0 Å². The third-order valence-corrected chi connectivity index (χ3v) is 10.7. The summed E-state index contributed by atoms with van der Waals surface area (Å²) in [6, 6.07) is 0. The standard InChI is InChI=1S/C27H45Cl/c1-18(2)7-6-8-19(3)23-11-12-24-22-10-9-20-17-21(28)13-15-26(20,4)25(22)14-16-27(23,24)5/h13,15,18-25H,6-12,14,16-17H2,1-5H3/t19-,20+,21-,22+,23+,24-,25-,26+,27+/m1/s1. The molecule has 160 valence electrons. The summed E-state index contributed by atoms with van der Waals surface area (Å²) in [7, 11) is 0. The number of hydrogen-bond acceptors (Lipinski definition) is 0. The first-order valence-corrected chi connectivity index (χ1v) is 13.0. The van der Waals surface area contributed by atoms with Crippen LogP contribution in [-0.2, 0) is 0 Å². The predicted molar refractivity (Wildman–Crippen MR) is 123 cm³/mol. The zero-order chi connectivity index (χ0) is 20.1. The van der Waals surface area contributed by atoms with Gasteiger partial charge in [-0.3, -0.25) is 0 Å². The average molecular weight is 405 g/mol. The molecule has 0 aromatic carbocycles. The zero-order valence-electron chi connectivity index (χ0n) is 19.2. The van der Waals surface area contributed by atoms with Crippen LogP contribution in [0.3, 0.4) is 0 Å². The molecular weight excluding hydrogens is 360 g/mol. The summed E-state index contributed by atoms with van der Waals surface area (Å²) in [4.78, 5) is 0. The Kier molecular flexibility index (Phi) is 6.03. The Morgan fingerprint density at radius 3 is 2.50 bits per heavy atom. The Labute approximate surface area is 180 Å². The van der Waals surface area contributed by atoms with E-state index in [-0.39, 0.29) is 5.38 Å². The van der Waals surface area contributed by atoms with E-state index in [9.17, 15) is 0 Å². The Bertz CT molecular complexity index is 579. The summed E-state index contributed by atoms with van der Waals surface area (Å²) in [6.45, 7) is 12.7. The maximum Gasteiger partial charge on any atom is 0.0519 e. The lowest BCUT2D eigenvalue weighted by atomic mass is 9.45. The molecule has 0 heterocycles. The van der Waals surface area contributed by atoms with Gasteiger partial charge in [0.15, 0.2) is 0 Å². The number of allylic oxidation sites excluding steroid dienone is 2. The summed E-state index contributed by atoms with van der Waals surface area (Å²) < 4.78 is 0. The van der Waals surface area contributed by atoms with Crippen molar-refractivity contribution in [3.05, 3.63) is 12.2 Å². The number of rotatable bonds is 5. The van der Waals surface area contributed by atoms with Gasteiger partial charge in [0.25, 0.3) is 0 Å². The highest BCUT2D eigenvalue weighted by Crippen LogP contribution is 2.67. The van der Waals surface area contributed by atoms with Crippen molar-refractivity contribution in [1.82, 2.24) is 0 Å². The summed E-state index contributed by atoms with van der Waals surface area (Å²) >= 11 is 6.51. The van der Waals surface area contributed by atoms with Crippen LogP contribution in [-0.4, -0.2) is 5.38 Å². The maximum atomic E-state index is 6.51. The molecular formula is C27H45Cl. The van der Waals surface area contributed by atoms with E-state index < -0.39 is 0 Å². The minimum absolute atomic E-state index is 0.283. The van der Waals surface area contributed by atoms with Crippen LogP contribution in [0.25, 0.3) is 0 Å². The Balaban J connectivity index is 1.48. The molecule has 0 aromatic heterocycles. The molecule has 0 aromatic rings. The molecule has 0 radical (unpaired) electrons. The smallest absolute Gasteiger partial charge is 0.0519 e. The van der Waals surface area contributed by atoms with Crippen molar-refractivity contribution in [1.29, 1.82) is 0 Å². The van der Waals surface area contributed by atoms with Gasteiger partial charge in [-0.25, -0.2) is 0 Å². The van der Waals surface area contributed by atoms with Crippen LogP contribution in [0.15, 0.2) is 12.2 Å². The fourth-order valence-electron chi connectivity index (χ4n) is 8.79. The fourth-order valence-corrected chi connectivity index (χ4v) is 9.08. The topological polar surface area (TPSA) is 0 Å². The predicted octanol–water partition coefficient (Wildman–Crippen LogP) is 8.49. The van der Waals surface area contributed by atoms with Crippen LogP contribution in [0.2, 0.25) is 0 Å². The van der Waals surface area contributed by atoms with Gasteiger partial charge in [-0.05, 0) is 97.2 Å². The van der Waals surface area contributed by atoms with Crippen LogP contribution in [0, 0.1) is 52.3 Å². The largest absolute Gasteiger partial charge is 0.118 e. The molecule has 9 atom stereocenters. The first-order chi connectivity index (χ1) is 13.3. The van der Waals surface area contributed by atoms with Gasteiger partial charge in [0.05, 0.1) is 5.38 Å². The van der Waals surface area contributed by atoms with Crippen LogP contribution >= 0.6 is 11.6 Å². The van der Waals surface area contributed by atoms with Crippen LogP contribution in [0.5, 0.6) is 0 Å². The second-order valence-corrected chi connectivity index (χ2v) is 12.7. The summed E-state index contributed by atoms with van der Waals surface area (Å²) in [5.41, 5.74) is 1.05. The van der Waals surface area contributed by atoms with E-state index >= 15 is 0 Å². The van der Waals surface area contributed by atoms with Crippen molar-refractivity contribution in [2.75, 3.05) is 0 Å². The zero-order valence-corrected chi connectivity index (χ0v) is 20.0. The monoisotopic (exact) mass is 404 g/mol. The van der Waals surface area contributed by atoms with Crippen molar-refractivity contribution in [3.63, 3.8) is 0 Å². The first kappa shape index (κ1) is 21.3. The molecule has 0 saturated heterocycles. The normalized spacial score (nSPS) is 48.8. The minimum Gasteiger partial charge on any atom is -0.118 e. The molecule has 0 bridgehead atoms. The molecule has 0 nitrogen and oxygen atoms in total. The van der Waals surface area contributed by atoms with Gasteiger partial charge < -0.3 is 0 Å². The summed E-state index contributed by atoms with van der Waals surface area (Å²) in [6.07, 6.45) is 19.3. The molecule has 4 aliphatic carbocycles. The highest BCUT2D eigenvalue weighted by molar-refractivity contribution is 6.21. The SMILES string of the molecule is CC(C)CCC[C@@H](C)[C@@H]1CC[C@@H]2[C@@H]3CC[C@H]4C[C@H](Cl)C=C[C@]4(C)[C@@H]3CC[C@]21C. The van der Waals surface area contributed by atoms with Gasteiger partial charge in [0.1, 0.15) is 0 Å². The lowest BCUT2D eigenvalue weighted by Gasteiger charge is -2.59. The molecule has 0 amide bonds. The van der Waals surface area contributed by atoms with Crippen molar-refractivity contribution in [2.45, 2.75) is 104 Å². The quantitative estimate of drug-likeness (QED) is 0.318. The van der Waals surface area contributed by atoms with E-state index in [0.29, 0.717) is 10.8 Å². The van der Waals surface area contributed by atoms with Crippen LogP contribution in [0.1, 0.15) is 98.8 Å². The van der Waals surface area contributed by atoms with Gasteiger partial charge in [-0.15, -0.1) is 11.6 Å². The number of halogens is 1. The van der Waals surface area contributed by atoms with E-state index in [1.807, 2.05) is 0 Å². The van der Waals surface area contributed by atoms with Gasteiger partial charge in [-0.2, -0.15) is 0 Å². The molecule has 0 N–H and O–H groups in total. The molecule has 28 heavy (non-hydrogen) atoms. The van der Waals surface area contributed by atoms with Crippen LogP contribution in [0.4, 0.5) is 0 Å².